The first-order valence-corrected chi connectivity index (χ1v) is 4.81. The third-order valence-electron chi connectivity index (χ3n) is 2.02. The standard InChI is InChI=1S/C10H18N2O/c1-2-5-12(6-7-13)9-10-3-4-11-8-10/h3-4,8,11,13H,2,5-7,9H2,1H3. The van der Waals surface area contributed by atoms with Crippen molar-refractivity contribution in [2.45, 2.75) is 19.9 Å². The topological polar surface area (TPSA) is 39.3 Å². The molecule has 0 atom stereocenters. The average molecular weight is 182 g/mol. The third-order valence-corrected chi connectivity index (χ3v) is 2.02. The highest BCUT2D eigenvalue weighted by Crippen LogP contribution is 2.03. The highest BCUT2D eigenvalue weighted by molar-refractivity contribution is 5.07. The van der Waals surface area contributed by atoms with Gasteiger partial charge in [0.25, 0.3) is 0 Å². The summed E-state index contributed by atoms with van der Waals surface area (Å²) in [5.74, 6) is 0. The van der Waals surface area contributed by atoms with Gasteiger partial charge in [-0.1, -0.05) is 6.92 Å². The normalized spacial score (nSPS) is 11.0. The molecule has 1 aromatic rings. The number of aliphatic hydroxyl groups is 1. The molecule has 0 saturated carbocycles. The van der Waals surface area contributed by atoms with Crippen LogP contribution in [0.15, 0.2) is 18.5 Å². The molecule has 3 heteroatoms. The van der Waals surface area contributed by atoms with Crippen molar-refractivity contribution in [1.82, 2.24) is 9.88 Å². The summed E-state index contributed by atoms with van der Waals surface area (Å²) < 4.78 is 0. The number of aromatic nitrogens is 1. The molecule has 0 aliphatic rings. The van der Waals surface area contributed by atoms with E-state index >= 15 is 0 Å². The van der Waals surface area contributed by atoms with Gasteiger partial charge in [0.05, 0.1) is 6.61 Å². The summed E-state index contributed by atoms with van der Waals surface area (Å²) in [5, 5.41) is 8.84. The maximum absolute atomic E-state index is 8.84. The van der Waals surface area contributed by atoms with Gasteiger partial charge in [-0.15, -0.1) is 0 Å². The molecule has 0 radical (unpaired) electrons. The molecule has 0 aliphatic heterocycles. The summed E-state index contributed by atoms with van der Waals surface area (Å²) in [4.78, 5) is 5.28. The SMILES string of the molecule is CCCN(CCO)Cc1cc[nH]c1. The molecular formula is C10H18N2O. The first-order valence-electron chi connectivity index (χ1n) is 4.81. The van der Waals surface area contributed by atoms with E-state index in [0.29, 0.717) is 0 Å². The van der Waals surface area contributed by atoms with Crippen LogP contribution in [0.1, 0.15) is 18.9 Å². The van der Waals surface area contributed by atoms with Crippen molar-refractivity contribution in [3.63, 3.8) is 0 Å². The Morgan fingerprint density at radius 3 is 2.85 bits per heavy atom. The summed E-state index contributed by atoms with van der Waals surface area (Å²) >= 11 is 0. The summed E-state index contributed by atoms with van der Waals surface area (Å²) in [6.45, 7) is 5.13. The molecule has 0 aliphatic carbocycles. The minimum atomic E-state index is 0.240. The molecule has 1 rings (SSSR count). The molecule has 0 fully saturated rings. The van der Waals surface area contributed by atoms with Crippen LogP contribution < -0.4 is 0 Å². The highest BCUT2D eigenvalue weighted by Gasteiger charge is 2.03. The summed E-state index contributed by atoms with van der Waals surface area (Å²) in [5.41, 5.74) is 1.28. The Labute approximate surface area is 79.4 Å². The van der Waals surface area contributed by atoms with Crippen molar-refractivity contribution in [2.24, 2.45) is 0 Å². The smallest absolute Gasteiger partial charge is 0.0558 e. The van der Waals surface area contributed by atoms with Crippen molar-refractivity contribution in [2.75, 3.05) is 19.7 Å². The van der Waals surface area contributed by atoms with Gasteiger partial charge in [-0.25, -0.2) is 0 Å². The lowest BCUT2D eigenvalue weighted by atomic mass is 10.3. The number of hydrogen-bond acceptors (Lipinski definition) is 2. The minimum Gasteiger partial charge on any atom is -0.395 e. The third kappa shape index (κ3) is 3.61. The van der Waals surface area contributed by atoms with E-state index in [4.69, 9.17) is 5.11 Å². The van der Waals surface area contributed by atoms with Crippen molar-refractivity contribution >= 4 is 0 Å². The lowest BCUT2D eigenvalue weighted by Crippen LogP contribution is -2.27. The van der Waals surface area contributed by atoms with Gasteiger partial charge in [-0.3, -0.25) is 4.90 Å². The van der Waals surface area contributed by atoms with E-state index < -0.39 is 0 Å². The second-order valence-electron chi connectivity index (χ2n) is 3.22. The highest BCUT2D eigenvalue weighted by atomic mass is 16.3. The number of aliphatic hydroxyl groups excluding tert-OH is 1. The van der Waals surface area contributed by atoms with Crippen LogP contribution in [-0.2, 0) is 6.54 Å². The first kappa shape index (κ1) is 10.3. The lowest BCUT2D eigenvalue weighted by Gasteiger charge is -2.19. The van der Waals surface area contributed by atoms with Gasteiger partial charge in [0, 0.05) is 25.5 Å². The fourth-order valence-corrected chi connectivity index (χ4v) is 1.44. The van der Waals surface area contributed by atoms with Gasteiger partial charge < -0.3 is 10.1 Å². The van der Waals surface area contributed by atoms with Crippen LogP contribution in [0, 0.1) is 0 Å². The zero-order valence-corrected chi connectivity index (χ0v) is 8.16. The maximum atomic E-state index is 8.84. The van der Waals surface area contributed by atoms with E-state index in [1.54, 1.807) is 0 Å². The fourth-order valence-electron chi connectivity index (χ4n) is 1.44. The Kier molecular flexibility index (Phi) is 4.57. The van der Waals surface area contributed by atoms with E-state index in [9.17, 15) is 0 Å². The van der Waals surface area contributed by atoms with Gasteiger partial charge in [0.2, 0.25) is 0 Å². The second kappa shape index (κ2) is 5.78. The Morgan fingerprint density at radius 1 is 1.46 bits per heavy atom. The molecule has 3 nitrogen and oxygen atoms in total. The Hall–Kier alpha value is -0.800. The summed E-state index contributed by atoms with van der Waals surface area (Å²) in [6, 6.07) is 2.07. The molecule has 13 heavy (non-hydrogen) atoms. The lowest BCUT2D eigenvalue weighted by molar-refractivity contribution is 0.190. The molecule has 2 N–H and O–H groups in total. The Balaban J connectivity index is 2.37. The molecule has 0 bridgehead atoms. The van der Waals surface area contributed by atoms with E-state index in [0.717, 1.165) is 26.1 Å². The molecule has 0 spiro atoms. The minimum absolute atomic E-state index is 0.240. The zero-order valence-electron chi connectivity index (χ0n) is 8.16. The van der Waals surface area contributed by atoms with E-state index in [2.05, 4.69) is 22.9 Å². The number of rotatable bonds is 6. The number of nitrogens with one attached hydrogen (secondary N) is 1. The fraction of sp³-hybridized carbons (Fsp3) is 0.600. The number of nitrogens with zero attached hydrogens (tertiary/aromatic N) is 1. The summed E-state index contributed by atoms with van der Waals surface area (Å²) in [7, 11) is 0. The van der Waals surface area contributed by atoms with Crippen LogP contribution in [0.4, 0.5) is 0 Å². The quantitative estimate of drug-likeness (QED) is 0.694. The van der Waals surface area contributed by atoms with Gasteiger partial charge in [0.15, 0.2) is 0 Å². The first-order chi connectivity index (χ1) is 6.36. The van der Waals surface area contributed by atoms with Crippen molar-refractivity contribution in [3.05, 3.63) is 24.0 Å². The van der Waals surface area contributed by atoms with Gasteiger partial charge in [0.1, 0.15) is 0 Å². The maximum Gasteiger partial charge on any atom is 0.0558 e. The monoisotopic (exact) mass is 182 g/mol. The zero-order chi connectivity index (χ0) is 9.52. The molecule has 0 unspecified atom stereocenters. The predicted molar refractivity (Wildman–Crippen MR) is 53.4 cm³/mol. The van der Waals surface area contributed by atoms with Crippen LogP contribution in [-0.4, -0.2) is 34.7 Å². The number of aromatic amines is 1. The van der Waals surface area contributed by atoms with Crippen molar-refractivity contribution < 1.29 is 5.11 Å². The van der Waals surface area contributed by atoms with E-state index in [-0.39, 0.29) is 6.61 Å². The van der Waals surface area contributed by atoms with Gasteiger partial charge >= 0.3 is 0 Å². The van der Waals surface area contributed by atoms with Crippen LogP contribution in [0.2, 0.25) is 0 Å². The van der Waals surface area contributed by atoms with E-state index in [1.165, 1.54) is 5.56 Å². The number of hydrogen-bond donors (Lipinski definition) is 2. The Morgan fingerprint density at radius 2 is 2.31 bits per heavy atom. The van der Waals surface area contributed by atoms with E-state index in [1.807, 2.05) is 12.4 Å². The largest absolute Gasteiger partial charge is 0.395 e. The molecule has 0 amide bonds. The predicted octanol–water partition coefficient (Wildman–Crippen LogP) is 1.22. The molecule has 1 aromatic heterocycles. The van der Waals surface area contributed by atoms with Crippen LogP contribution in [0.25, 0.3) is 0 Å². The molecule has 74 valence electrons. The van der Waals surface area contributed by atoms with Crippen LogP contribution in [0.5, 0.6) is 0 Å². The van der Waals surface area contributed by atoms with Crippen molar-refractivity contribution in [3.8, 4) is 0 Å². The van der Waals surface area contributed by atoms with Crippen molar-refractivity contribution in [1.29, 1.82) is 0 Å². The molecule has 0 saturated heterocycles. The van der Waals surface area contributed by atoms with Gasteiger partial charge in [-0.2, -0.15) is 0 Å². The van der Waals surface area contributed by atoms with Gasteiger partial charge in [-0.05, 0) is 24.6 Å². The van der Waals surface area contributed by atoms with Crippen LogP contribution >= 0.6 is 0 Å². The average Bonchev–Trinajstić information content (AvgIpc) is 2.58. The molecule has 1 heterocycles. The Bertz CT molecular complexity index is 203. The summed E-state index contributed by atoms with van der Waals surface area (Å²) in [6.07, 6.45) is 5.06. The second-order valence-corrected chi connectivity index (χ2v) is 3.22. The molecular weight excluding hydrogens is 164 g/mol. The molecule has 0 aromatic carbocycles. The number of H-pyrrole nitrogens is 1. The van der Waals surface area contributed by atoms with Crippen LogP contribution in [0.3, 0.4) is 0 Å².